The molecule has 0 spiro atoms. The second-order valence-electron chi connectivity index (χ2n) is 5.08. The molecule has 1 amide bonds. The third kappa shape index (κ3) is 2.95. The van der Waals surface area contributed by atoms with E-state index in [1.54, 1.807) is 0 Å². The summed E-state index contributed by atoms with van der Waals surface area (Å²) in [6, 6.07) is 0.0516. The van der Waals surface area contributed by atoms with Crippen LogP contribution in [0.2, 0.25) is 0 Å². The lowest BCUT2D eigenvalue weighted by Crippen LogP contribution is -2.34. The fourth-order valence-electron chi connectivity index (χ4n) is 2.63. The first-order valence-corrected chi connectivity index (χ1v) is 6.46. The van der Waals surface area contributed by atoms with Gasteiger partial charge in [0.2, 0.25) is 5.91 Å². The van der Waals surface area contributed by atoms with Crippen molar-refractivity contribution in [2.24, 2.45) is 11.7 Å². The van der Waals surface area contributed by atoms with Gasteiger partial charge >= 0.3 is 0 Å². The second-order valence-corrected chi connectivity index (χ2v) is 5.08. The Labute approximate surface area is 97.8 Å². The molecule has 2 atom stereocenters. The summed E-state index contributed by atoms with van der Waals surface area (Å²) in [7, 11) is 0. The van der Waals surface area contributed by atoms with Gasteiger partial charge in [0.1, 0.15) is 6.04 Å². The molecule has 0 aromatic rings. The summed E-state index contributed by atoms with van der Waals surface area (Å²) in [6.45, 7) is 7.87. The maximum absolute atomic E-state index is 10.9. The molecule has 0 aromatic carbocycles. The van der Waals surface area contributed by atoms with Gasteiger partial charge in [0.25, 0.3) is 0 Å². The van der Waals surface area contributed by atoms with Gasteiger partial charge in [0.15, 0.2) is 0 Å². The Balaban J connectivity index is 1.60. The van der Waals surface area contributed by atoms with Crippen LogP contribution in [0.1, 0.15) is 26.2 Å². The number of hydrogen-bond acceptors (Lipinski definition) is 3. The molecule has 2 fully saturated rings. The normalized spacial score (nSPS) is 31.6. The Bertz CT molecular complexity index is 249. The SMILES string of the molecule is CCN1CCC(CCN2CC2C(N)=O)CC1. The first kappa shape index (κ1) is 11.9. The molecule has 2 aliphatic heterocycles. The first-order chi connectivity index (χ1) is 7.70. The Morgan fingerprint density at radius 3 is 2.56 bits per heavy atom. The Hall–Kier alpha value is -0.610. The van der Waals surface area contributed by atoms with Crippen LogP contribution in [0, 0.1) is 5.92 Å². The Morgan fingerprint density at radius 1 is 1.38 bits per heavy atom. The van der Waals surface area contributed by atoms with E-state index in [1.165, 1.54) is 38.9 Å². The molecular weight excluding hydrogens is 202 g/mol. The van der Waals surface area contributed by atoms with Crippen LogP contribution in [0.3, 0.4) is 0 Å². The van der Waals surface area contributed by atoms with E-state index in [0.29, 0.717) is 0 Å². The fraction of sp³-hybridized carbons (Fsp3) is 0.917. The molecule has 0 saturated carbocycles. The van der Waals surface area contributed by atoms with Gasteiger partial charge in [0.05, 0.1) is 0 Å². The van der Waals surface area contributed by atoms with Gasteiger partial charge in [-0.05, 0) is 51.4 Å². The number of piperidine rings is 1. The molecule has 0 aromatic heterocycles. The van der Waals surface area contributed by atoms with Gasteiger partial charge < -0.3 is 10.6 Å². The van der Waals surface area contributed by atoms with Crippen LogP contribution >= 0.6 is 0 Å². The highest BCUT2D eigenvalue weighted by atomic mass is 16.1. The number of likely N-dealkylation sites (tertiary alicyclic amines) is 1. The average molecular weight is 225 g/mol. The average Bonchev–Trinajstić information content (AvgIpc) is 3.06. The smallest absolute Gasteiger partial charge is 0.236 e. The van der Waals surface area contributed by atoms with Crippen molar-refractivity contribution in [2.45, 2.75) is 32.2 Å². The predicted octanol–water partition coefficient (Wildman–Crippen LogP) is 0.278. The van der Waals surface area contributed by atoms with Gasteiger partial charge in [-0.15, -0.1) is 0 Å². The molecule has 4 nitrogen and oxygen atoms in total. The highest BCUT2D eigenvalue weighted by Crippen LogP contribution is 2.24. The number of carbonyl (C=O) groups excluding carboxylic acids is 1. The highest BCUT2D eigenvalue weighted by Gasteiger charge is 2.38. The van der Waals surface area contributed by atoms with Crippen molar-refractivity contribution >= 4 is 5.91 Å². The first-order valence-electron chi connectivity index (χ1n) is 6.46. The monoisotopic (exact) mass is 225 g/mol. The standard InChI is InChI=1S/C12H23N3O/c1-2-14-6-3-10(4-7-14)5-8-15-9-11(15)12(13)16/h10-11H,2-9H2,1H3,(H2,13,16). The summed E-state index contributed by atoms with van der Waals surface area (Å²) >= 11 is 0. The van der Waals surface area contributed by atoms with Gasteiger partial charge in [-0.1, -0.05) is 6.92 Å². The zero-order valence-electron chi connectivity index (χ0n) is 10.2. The van der Waals surface area contributed by atoms with E-state index in [-0.39, 0.29) is 11.9 Å². The van der Waals surface area contributed by atoms with Crippen LogP contribution in [0.5, 0.6) is 0 Å². The molecule has 2 rings (SSSR count). The Kier molecular flexibility index (Phi) is 3.82. The molecular formula is C12H23N3O. The maximum atomic E-state index is 10.9. The van der Waals surface area contributed by atoms with Gasteiger partial charge in [-0.2, -0.15) is 0 Å². The fourth-order valence-corrected chi connectivity index (χ4v) is 2.63. The minimum absolute atomic E-state index is 0.0516. The summed E-state index contributed by atoms with van der Waals surface area (Å²) in [6.07, 6.45) is 3.88. The van der Waals surface area contributed by atoms with Crippen molar-refractivity contribution < 1.29 is 4.79 Å². The number of carbonyl (C=O) groups is 1. The largest absolute Gasteiger partial charge is 0.368 e. The summed E-state index contributed by atoms with van der Waals surface area (Å²) in [5.41, 5.74) is 5.25. The van der Waals surface area contributed by atoms with Crippen molar-refractivity contribution in [2.75, 3.05) is 32.7 Å². The number of nitrogens with zero attached hydrogens (tertiary/aromatic N) is 2. The lowest BCUT2D eigenvalue weighted by molar-refractivity contribution is -0.118. The molecule has 0 aliphatic carbocycles. The lowest BCUT2D eigenvalue weighted by Gasteiger charge is -2.31. The lowest BCUT2D eigenvalue weighted by atomic mass is 9.93. The third-order valence-electron chi connectivity index (χ3n) is 4.02. The molecule has 2 aliphatic rings. The second kappa shape index (κ2) is 5.15. The predicted molar refractivity (Wildman–Crippen MR) is 64.0 cm³/mol. The highest BCUT2D eigenvalue weighted by molar-refractivity contribution is 5.82. The van der Waals surface area contributed by atoms with E-state index in [9.17, 15) is 4.79 Å². The van der Waals surface area contributed by atoms with Crippen molar-refractivity contribution in [1.82, 2.24) is 9.80 Å². The maximum Gasteiger partial charge on any atom is 0.236 e. The molecule has 2 heterocycles. The van der Waals surface area contributed by atoms with E-state index < -0.39 is 0 Å². The van der Waals surface area contributed by atoms with E-state index in [1.807, 2.05) is 0 Å². The van der Waals surface area contributed by atoms with Crippen molar-refractivity contribution in [3.63, 3.8) is 0 Å². The number of rotatable bonds is 5. The molecule has 2 N–H and O–H groups in total. The molecule has 2 unspecified atom stereocenters. The van der Waals surface area contributed by atoms with Crippen molar-refractivity contribution in [3.8, 4) is 0 Å². The van der Waals surface area contributed by atoms with Crippen LogP contribution < -0.4 is 5.73 Å². The van der Waals surface area contributed by atoms with Crippen LogP contribution in [0.25, 0.3) is 0 Å². The zero-order chi connectivity index (χ0) is 11.5. The quantitative estimate of drug-likeness (QED) is 0.684. The summed E-state index contributed by atoms with van der Waals surface area (Å²) < 4.78 is 0. The minimum Gasteiger partial charge on any atom is -0.368 e. The van der Waals surface area contributed by atoms with Crippen LogP contribution in [-0.4, -0.2) is 54.5 Å². The van der Waals surface area contributed by atoms with E-state index >= 15 is 0 Å². The van der Waals surface area contributed by atoms with Crippen LogP contribution in [-0.2, 0) is 4.79 Å². The molecule has 16 heavy (non-hydrogen) atoms. The third-order valence-corrected chi connectivity index (χ3v) is 4.02. The van der Waals surface area contributed by atoms with E-state index in [0.717, 1.165) is 19.0 Å². The molecule has 2 saturated heterocycles. The van der Waals surface area contributed by atoms with E-state index in [4.69, 9.17) is 5.73 Å². The van der Waals surface area contributed by atoms with E-state index in [2.05, 4.69) is 16.7 Å². The molecule has 4 heteroatoms. The van der Waals surface area contributed by atoms with Crippen LogP contribution in [0.4, 0.5) is 0 Å². The molecule has 0 radical (unpaired) electrons. The number of nitrogens with two attached hydrogens (primary N) is 1. The number of amides is 1. The van der Waals surface area contributed by atoms with Gasteiger partial charge in [0, 0.05) is 6.54 Å². The molecule has 92 valence electrons. The van der Waals surface area contributed by atoms with Crippen molar-refractivity contribution in [1.29, 1.82) is 0 Å². The van der Waals surface area contributed by atoms with Crippen LogP contribution in [0.15, 0.2) is 0 Å². The number of hydrogen-bond donors (Lipinski definition) is 1. The summed E-state index contributed by atoms with van der Waals surface area (Å²) in [4.78, 5) is 15.6. The van der Waals surface area contributed by atoms with Gasteiger partial charge in [-0.3, -0.25) is 9.69 Å². The summed E-state index contributed by atoms with van der Waals surface area (Å²) in [5, 5.41) is 0. The number of primary amides is 1. The summed E-state index contributed by atoms with van der Waals surface area (Å²) in [5.74, 6) is 0.706. The topological polar surface area (TPSA) is 49.3 Å². The molecule has 0 bridgehead atoms. The van der Waals surface area contributed by atoms with Crippen molar-refractivity contribution in [3.05, 3.63) is 0 Å². The van der Waals surface area contributed by atoms with Gasteiger partial charge in [-0.25, -0.2) is 0 Å². The minimum atomic E-state index is -0.152. The zero-order valence-corrected chi connectivity index (χ0v) is 10.2. The Morgan fingerprint density at radius 2 is 2.06 bits per heavy atom.